The van der Waals surface area contributed by atoms with Crippen LogP contribution in [0.4, 0.5) is 0 Å². The number of carbonyl (C=O) groups is 1. The number of ether oxygens (including phenoxy) is 1. The maximum atomic E-state index is 11.1. The Hall–Kier alpha value is -0.650. The third-order valence-corrected chi connectivity index (χ3v) is 2.86. The van der Waals surface area contributed by atoms with Gasteiger partial charge in [0.25, 0.3) is 0 Å². The lowest BCUT2D eigenvalue weighted by atomic mass is 10.2. The fraction of sp³-hybridized carbons (Fsp3) is 0.900. The quantitative estimate of drug-likeness (QED) is 0.617. The minimum absolute atomic E-state index is 0.316. The molecular weight excluding hydrogens is 194 g/mol. The lowest BCUT2D eigenvalue weighted by Gasteiger charge is -2.32. The van der Waals surface area contributed by atoms with Crippen LogP contribution in [0.2, 0.25) is 0 Å². The number of nitrogens with zero attached hydrogens (tertiary/aromatic N) is 2. The van der Waals surface area contributed by atoms with Crippen LogP contribution in [0.1, 0.15) is 6.42 Å². The molecule has 15 heavy (non-hydrogen) atoms. The number of rotatable bonds is 4. The molecule has 0 spiro atoms. The molecule has 88 valence electrons. The number of piperazine rings is 1. The molecule has 1 saturated heterocycles. The van der Waals surface area contributed by atoms with Crippen molar-refractivity contribution in [2.45, 2.75) is 12.5 Å². The Balaban J connectivity index is 2.17. The number of likely N-dealkylation sites (N-methyl/N-ethyl adjacent to an activating group) is 1. The van der Waals surface area contributed by atoms with Gasteiger partial charge in [-0.05, 0) is 13.5 Å². The summed E-state index contributed by atoms with van der Waals surface area (Å²) in [5.74, 6) is -0.316. The van der Waals surface area contributed by atoms with Gasteiger partial charge in [0, 0.05) is 32.7 Å². The summed E-state index contributed by atoms with van der Waals surface area (Å²) in [6.45, 7) is 5.18. The highest BCUT2D eigenvalue weighted by molar-refractivity contribution is 5.75. The second-order valence-corrected chi connectivity index (χ2v) is 4.06. The molecule has 0 aromatic rings. The molecule has 1 rings (SSSR count). The Labute approximate surface area is 91.2 Å². The summed E-state index contributed by atoms with van der Waals surface area (Å²) in [6.07, 6.45) is 0.677. The van der Waals surface area contributed by atoms with Gasteiger partial charge in [-0.3, -0.25) is 4.79 Å². The zero-order valence-corrected chi connectivity index (χ0v) is 9.61. The van der Waals surface area contributed by atoms with E-state index in [1.807, 2.05) is 0 Å². The summed E-state index contributed by atoms with van der Waals surface area (Å²) >= 11 is 0. The van der Waals surface area contributed by atoms with Gasteiger partial charge in [-0.1, -0.05) is 0 Å². The van der Waals surface area contributed by atoms with Gasteiger partial charge in [-0.2, -0.15) is 0 Å². The highest BCUT2D eigenvalue weighted by atomic mass is 16.5. The normalized spacial score (nSPS) is 21.3. The number of hydrogen-bond donors (Lipinski definition) is 1. The van der Waals surface area contributed by atoms with E-state index < -0.39 is 6.04 Å². The van der Waals surface area contributed by atoms with Gasteiger partial charge in [-0.15, -0.1) is 0 Å². The van der Waals surface area contributed by atoms with Crippen LogP contribution in [-0.2, 0) is 9.53 Å². The fourth-order valence-electron chi connectivity index (χ4n) is 1.66. The van der Waals surface area contributed by atoms with Gasteiger partial charge >= 0.3 is 5.97 Å². The van der Waals surface area contributed by atoms with Crippen LogP contribution in [0, 0.1) is 0 Å². The second kappa shape index (κ2) is 6.05. The molecule has 0 aromatic heterocycles. The van der Waals surface area contributed by atoms with Crippen molar-refractivity contribution in [2.75, 3.05) is 46.9 Å². The molecule has 5 nitrogen and oxygen atoms in total. The highest BCUT2D eigenvalue weighted by Gasteiger charge is 2.17. The average Bonchev–Trinajstić information content (AvgIpc) is 2.26. The Bertz CT molecular complexity index is 203. The fourth-order valence-corrected chi connectivity index (χ4v) is 1.66. The zero-order valence-electron chi connectivity index (χ0n) is 9.61. The lowest BCUT2D eigenvalue weighted by Crippen LogP contribution is -2.46. The van der Waals surface area contributed by atoms with E-state index >= 15 is 0 Å². The van der Waals surface area contributed by atoms with Gasteiger partial charge in [0.2, 0.25) is 0 Å². The first-order chi connectivity index (χ1) is 7.13. The van der Waals surface area contributed by atoms with Crippen molar-refractivity contribution < 1.29 is 9.53 Å². The van der Waals surface area contributed by atoms with Gasteiger partial charge in [-0.25, -0.2) is 0 Å². The molecule has 0 aromatic carbocycles. The second-order valence-electron chi connectivity index (χ2n) is 4.06. The minimum Gasteiger partial charge on any atom is -0.468 e. The predicted molar refractivity (Wildman–Crippen MR) is 58.5 cm³/mol. The van der Waals surface area contributed by atoms with Crippen molar-refractivity contribution >= 4 is 5.97 Å². The topological polar surface area (TPSA) is 58.8 Å². The Morgan fingerprint density at radius 2 is 2.00 bits per heavy atom. The molecule has 2 N–H and O–H groups in total. The molecular formula is C10H21N3O2. The molecule has 1 fully saturated rings. The monoisotopic (exact) mass is 215 g/mol. The van der Waals surface area contributed by atoms with E-state index in [0.717, 1.165) is 32.7 Å². The summed E-state index contributed by atoms with van der Waals surface area (Å²) in [5, 5.41) is 0. The highest BCUT2D eigenvalue weighted by Crippen LogP contribution is 2.01. The molecule has 0 saturated carbocycles. The number of nitrogens with two attached hydrogens (primary N) is 1. The van der Waals surface area contributed by atoms with E-state index in [-0.39, 0.29) is 5.97 Å². The van der Waals surface area contributed by atoms with Crippen LogP contribution in [-0.4, -0.2) is 68.7 Å². The summed E-state index contributed by atoms with van der Waals surface area (Å²) in [6, 6.07) is -0.477. The van der Waals surface area contributed by atoms with Crippen LogP contribution < -0.4 is 5.73 Å². The molecule has 1 aliphatic rings. The van der Waals surface area contributed by atoms with Crippen LogP contribution in [0.25, 0.3) is 0 Å². The maximum Gasteiger partial charge on any atom is 0.322 e. The number of methoxy groups -OCH3 is 1. The van der Waals surface area contributed by atoms with Crippen molar-refractivity contribution in [3.05, 3.63) is 0 Å². The van der Waals surface area contributed by atoms with Crippen LogP contribution in [0.3, 0.4) is 0 Å². The minimum atomic E-state index is -0.477. The summed E-state index contributed by atoms with van der Waals surface area (Å²) in [4.78, 5) is 15.7. The van der Waals surface area contributed by atoms with Crippen LogP contribution >= 0.6 is 0 Å². The smallest absolute Gasteiger partial charge is 0.322 e. The van der Waals surface area contributed by atoms with E-state index in [9.17, 15) is 4.79 Å². The third kappa shape index (κ3) is 4.15. The first kappa shape index (κ1) is 12.4. The van der Waals surface area contributed by atoms with Crippen LogP contribution in [0.15, 0.2) is 0 Å². The third-order valence-electron chi connectivity index (χ3n) is 2.86. The van der Waals surface area contributed by atoms with Crippen molar-refractivity contribution in [3.63, 3.8) is 0 Å². The van der Waals surface area contributed by atoms with Gasteiger partial charge in [0.15, 0.2) is 0 Å². The Morgan fingerprint density at radius 3 is 2.53 bits per heavy atom. The SMILES string of the molecule is COC(=O)[C@@H](N)CCN1CCN(C)CC1. The van der Waals surface area contributed by atoms with E-state index in [0.29, 0.717) is 6.42 Å². The van der Waals surface area contributed by atoms with E-state index in [1.165, 1.54) is 7.11 Å². The van der Waals surface area contributed by atoms with Gasteiger partial charge in [0.05, 0.1) is 7.11 Å². The molecule has 1 atom stereocenters. The molecule has 1 heterocycles. The lowest BCUT2D eigenvalue weighted by molar-refractivity contribution is -0.142. The van der Waals surface area contributed by atoms with E-state index in [2.05, 4.69) is 21.6 Å². The molecule has 0 bridgehead atoms. The molecule has 0 radical (unpaired) electrons. The maximum absolute atomic E-state index is 11.1. The van der Waals surface area contributed by atoms with E-state index in [1.54, 1.807) is 0 Å². The Morgan fingerprint density at radius 1 is 1.40 bits per heavy atom. The molecule has 5 heteroatoms. The number of esters is 1. The molecule has 0 unspecified atom stereocenters. The van der Waals surface area contributed by atoms with Crippen LogP contribution in [0.5, 0.6) is 0 Å². The molecule has 0 aliphatic carbocycles. The van der Waals surface area contributed by atoms with Crippen molar-refractivity contribution in [3.8, 4) is 0 Å². The molecule has 1 aliphatic heterocycles. The summed E-state index contributed by atoms with van der Waals surface area (Å²) < 4.78 is 4.58. The Kier molecular flexibility index (Phi) is 5.01. The zero-order chi connectivity index (χ0) is 11.3. The summed E-state index contributed by atoms with van der Waals surface area (Å²) in [5.41, 5.74) is 5.66. The summed E-state index contributed by atoms with van der Waals surface area (Å²) in [7, 11) is 3.50. The first-order valence-electron chi connectivity index (χ1n) is 5.38. The first-order valence-corrected chi connectivity index (χ1v) is 5.38. The largest absolute Gasteiger partial charge is 0.468 e. The average molecular weight is 215 g/mol. The van der Waals surface area contributed by atoms with Crippen molar-refractivity contribution in [2.24, 2.45) is 5.73 Å². The number of carbonyl (C=O) groups excluding carboxylic acids is 1. The van der Waals surface area contributed by atoms with E-state index in [4.69, 9.17) is 5.73 Å². The van der Waals surface area contributed by atoms with Crippen molar-refractivity contribution in [1.29, 1.82) is 0 Å². The predicted octanol–water partition coefficient (Wildman–Crippen LogP) is -0.876. The number of hydrogen-bond acceptors (Lipinski definition) is 5. The molecule has 0 amide bonds. The van der Waals surface area contributed by atoms with Gasteiger partial charge < -0.3 is 20.3 Å². The van der Waals surface area contributed by atoms with Gasteiger partial charge in [0.1, 0.15) is 6.04 Å². The van der Waals surface area contributed by atoms with Crippen molar-refractivity contribution in [1.82, 2.24) is 9.80 Å². The standard InChI is InChI=1S/C10H21N3O2/c1-12-5-7-13(8-6-12)4-3-9(11)10(14)15-2/h9H,3-8,11H2,1-2H3/t9-/m0/s1.